The van der Waals surface area contributed by atoms with E-state index in [0.717, 1.165) is 37.5 Å². The second-order valence-electron chi connectivity index (χ2n) is 9.80. The van der Waals surface area contributed by atoms with Gasteiger partial charge in [-0.15, -0.1) is 0 Å². The number of carbonyl (C=O) groups excluding carboxylic acids is 2. The van der Waals surface area contributed by atoms with Gasteiger partial charge in [-0.1, -0.05) is 24.3 Å². The molecule has 0 saturated carbocycles. The smallest absolute Gasteiger partial charge is 0.248 e. The van der Waals surface area contributed by atoms with Crippen LogP contribution in [-0.4, -0.2) is 67.2 Å². The summed E-state index contributed by atoms with van der Waals surface area (Å²) in [4.78, 5) is 28.4. The second kappa shape index (κ2) is 10.5. The number of piperidine rings is 1. The zero-order valence-corrected chi connectivity index (χ0v) is 20.7. The summed E-state index contributed by atoms with van der Waals surface area (Å²) in [6.45, 7) is 1.17. The van der Waals surface area contributed by atoms with Gasteiger partial charge in [0.05, 0.1) is 0 Å². The van der Waals surface area contributed by atoms with E-state index in [-0.39, 0.29) is 6.54 Å². The lowest BCUT2D eigenvalue weighted by Crippen LogP contribution is -2.47. The van der Waals surface area contributed by atoms with Crippen molar-refractivity contribution in [1.82, 2.24) is 9.80 Å². The Morgan fingerprint density at radius 2 is 1.77 bits per heavy atom. The average molecular weight is 502 g/mol. The first-order valence-corrected chi connectivity index (χ1v) is 14.0. The number of fused-ring (bicyclic) bond motifs is 2. The number of nitrogens with two attached hydrogens (primary N) is 1. The van der Waals surface area contributed by atoms with Gasteiger partial charge in [0, 0.05) is 43.5 Å². The maximum Gasteiger partial charge on any atom is 0.248 e. The van der Waals surface area contributed by atoms with Crippen LogP contribution in [0.15, 0.2) is 48.5 Å². The number of amides is 2. The number of primary amides is 1. The minimum atomic E-state index is -3.48. The Hall–Kier alpha value is -2.78. The Morgan fingerprint density at radius 1 is 1.09 bits per heavy atom. The molecule has 35 heavy (non-hydrogen) atoms. The number of halogens is 1. The molecular formula is C26H32FN3O4S. The molecule has 0 radical (unpaired) electrons. The van der Waals surface area contributed by atoms with Crippen LogP contribution in [0, 0.1) is 5.82 Å². The molecule has 2 heterocycles. The zero-order valence-electron chi connectivity index (χ0n) is 19.9. The molecule has 2 fully saturated rings. The van der Waals surface area contributed by atoms with Crippen LogP contribution >= 0.6 is 0 Å². The van der Waals surface area contributed by atoms with Crippen molar-refractivity contribution in [2.24, 2.45) is 5.73 Å². The number of hydrogen-bond donors (Lipinski definition) is 1. The number of rotatable bonds is 9. The van der Waals surface area contributed by atoms with Crippen molar-refractivity contribution >= 4 is 21.7 Å². The minimum Gasteiger partial charge on any atom is -0.366 e. The summed E-state index contributed by atoms with van der Waals surface area (Å²) in [5.74, 6) is -1.50. The molecule has 2 aliphatic heterocycles. The maximum atomic E-state index is 13.7. The van der Waals surface area contributed by atoms with E-state index in [1.807, 2.05) is 12.1 Å². The summed E-state index contributed by atoms with van der Waals surface area (Å²) in [5.41, 5.74) is 7.74. The Morgan fingerprint density at radius 3 is 2.40 bits per heavy atom. The number of hydrogen-bond acceptors (Lipinski definition) is 5. The lowest BCUT2D eigenvalue weighted by Gasteiger charge is -2.40. The van der Waals surface area contributed by atoms with E-state index in [0.29, 0.717) is 42.2 Å². The molecule has 0 aliphatic carbocycles. The van der Waals surface area contributed by atoms with E-state index >= 15 is 0 Å². The van der Waals surface area contributed by atoms with Crippen molar-refractivity contribution in [2.45, 2.75) is 50.2 Å². The van der Waals surface area contributed by atoms with Crippen LogP contribution in [0.5, 0.6) is 0 Å². The second-order valence-corrected chi connectivity index (χ2v) is 11.9. The molecule has 2 unspecified atom stereocenters. The minimum absolute atomic E-state index is 0.165. The standard InChI is InChI=1S/C26H32FN3O4S/c1-35(33,34)17-25(31)29(16-18-4-2-7-22(27)12-18)10-11-30-23-8-9-24(30)15-21(14-23)19-5-3-6-20(13-19)26(28)32/h2-7,12-13,21,23-24H,8-11,14-17H2,1H3,(H2,28,32). The molecule has 2 saturated heterocycles. The highest BCUT2D eigenvalue weighted by atomic mass is 32.2. The number of benzene rings is 2. The van der Waals surface area contributed by atoms with Crippen LogP contribution in [0.4, 0.5) is 4.39 Å². The fourth-order valence-electron chi connectivity index (χ4n) is 5.56. The van der Waals surface area contributed by atoms with E-state index in [1.165, 1.54) is 17.0 Å². The van der Waals surface area contributed by atoms with Crippen molar-refractivity contribution in [2.75, 3.05) is 25.1 Å². The van der Waals surface area contributed by atoms with Crippen molar-refractivity contribution in [3.05, 3.63) is 71.0 Å². The lowest BCUT2D eigenvalue weighted by atomic mass is 9.84. The Kier molecular flexibility index (Phi) is 7.56. The van der Waals surface area contributed by atoms with Crippen molar-refractivity contribution < 1.29 is 22.4 Å². The third kappa shape index (κ3) is 6.46. The molecule has 2 atom stereocenters. The fourth-order valence-corrected chi connectivity index (χ4v) is 6.19. The molecule has 2 aliphatic rings. The molecule has 188 valence electrons. The SMILES string of the molecule is CS(=O)(=O)CC(=O)N(CCN1C2CCC1CC(c1cccc(C(N)=O)c1)C2)Cc1cccc(F)c1. The van der Waals surface area contributed by atoms with Crippen LogP contribution in [0.25, 0.3) is 0 Å². The summed E-state index contributed by atoms with van der Waals surface area (Å²) in [6.07, 6.45) is 5.10. The molecule has 2 amide bonds. The van der Waals surface area contributed by atoms with E-state index < -0.39 is 33.2 Å². The van der Waals surface area contributed by atoms with Crippen LogP contribution < -0.4 is 5.73 Å². The number of sulfone groups is 1. The fraction of sp³-hybridized carbons (Fsp3) is 0.462. The Labute approximate surface area is 206 Å². The third-order valence-corrected chi connectivity index (χ3v) is 7.93. The molecule has 4 rings (SSSR count). The van der Waals surface area contributed by atoms with Crippen LogP contribution in [-0.2, 0) is 21.2 Å². The molecule has 7 nitrogen and oxygen atoms in total. The summed E-state index contributed by atoms with van der Waals surface area (Å²) in [7, 11) is -3.48. The predicted octanol–water partition coefficient (Wildman–Crippen LogP) is 2.71. The highest BCUT2D eigenvalue weighted by Gasteiger charge is 2.41. The van der Waals surface area contributed by atoms with Gasteiger partial charge in [-0.25, -0.2) is 12.8 Å². The lowest BCUT2D eigenvalue weighted by molar-refractivity contribution is -0.129. The van der Waals surface area contributed by atoms with Crippen LogP contribution in [0.1, 0.15) is 53.1 Å². The third-order valence-electron chi connectivity index (χ3n) is 7.16. The summed E-state index contributed by atoms with van der Waals surface area (Å²) in [6, 6.07) is 14.3. The monoisotopic (exact) mass is 501 g/mol. The predicted molar refractivity (Wildman–Crippen MR) is 132 cm³/mol. The van der Waals surface area contributed by atoms with Gasteiger partial charge in [0.25, 0.3) is 0 Å². The number of nitrogens with zero attached hydrogens (tertiary/aromatic N) is 2. The Balaban J connectivity index is 1.44. The molecule has 0 aromatic heterocycles. The van der Waals surface area contributed by atoms with Gasteiger partial charge in [0.15, 0.2) is 9.84 Å². The quantitative estimate of drug-likeness (QED) is 0.569. The number of carbonyl (C=O) groups is 2. The largest absolute Gasteiger partial charge is 0.366 e. The highest BCUT2D eigenvalue weighted by molar-refractivity contribution is 7.91. The topological polar surface area (TPSA) is 101 Å². The van der Waals surface area contributed by atoms with Crippen molar-refractivity contribution in [3.63, 3.8) is 0 Å². The van der Waals surface area contributed by atoms with Gasteiger partial charge in [-0.2, -0.15) is 0 Å². The zero-order chi connectivity index (χ0) is 25.2. The van der Waals surface area contributed by atoms with Gasteiger partial charge in [0.2, 0.25) is 11.8 Å². The van der Waals surface area contributed by atoms with Gasteiger partial charge < -0.3 is 10.6 Å². The molecule has 2 N–H and O–H groups in total. The summed E-state index contributed by atoms with van der Waals surface area (Å²) < 4.78 is 37.2. The van der Waals surface area contributed by atoms with E-state index in [2.05, 4.69) is 11.0 Å². The maximum absolute atomic E-state index is 13.7. The van der Waals surface area contributed by atoms with E-state index in [1.54, 1.807) is 18.2 Å². The first kappa shape index (κ1) is 25.3. The average Bonchev–Trinajstić information content (AvgIpc) is 3.02. The summed E-state index contributed by atoms with van der Waals surface area (Å²) in [5, 5.41) is 0. The Bertz CT molecular complexity index is 1190. The van der Waals surface area contributed by atoms with Gasteiger partial charge >= 0.3 is 0 Å². The van der Waals surface area contributed by atoms with Crippen LogP contribution in [0.3, 0.4) is 0 Å². The normalized spacial score (nSPS) is 22.2. The van der Waals surface area contributed by atoms with Crippen molar-refractivity contribution in [1.29, 1.82) is 0 Å². The highest BCUT2D eigenvalue weighted by Crippen LogP contribution is 2.43. The molecule has 2 bridgehead atoms. The van der Waals surface area contributed by atoms with Gasteiger partial charge in [-0.05, 0) is 67.0 Å². The van der Waals surface area contributed by atoms with Crippen molar-refractivity contribution in [3.8, 4) is 0 Å². The van der Waals surface area contributed by atoms with Gasteiger partial charge in [-0.3, -0.25) is 14.5 Å². The van der Waals surface area contributed by atoms with Gasteiger partial charge in [0.1, 0.15) is 11.6 Å². The summed E-state index contributed by atoms with van der Waals surface area (Å²) >= 11 is 0. The molecule has 0 spiro atoms. The molecule has 9 heteroatoms. The first-order chi connectivity index (χ1) is 16.6. The molecule has 2 aromatic carbocycles. The molecule has 2 aromatic rings. The van der Waals surface area contributed by atoms with E-state index in [4.69, 9.17) is 5.73 Å². The molecular weight excluding hydrogens is 469 g/mol. The van der Waals surface area contributed by atoms with E-state index in [9.17, 15) is 22.4 Å². The first-order valence-electron chi connectivity index (χ1n) is 11.9. The van der Waals surface area contributed by atoms with Crippen LogP contribution in [0.2, 0.25) is 0 Å².